The summed E-state index contributed by atoms with van der Waals surface area (Å²) in [6, 6.07) is 4.27. The highest BCUT2D eigenvalue weighted by molar-refractivity contribution is 5.84. The van der Waals surface area contributed by atoms with Crippen LogP contribution in [0.5, 0.6) is 11.5 Å². The molecule has 0 radical (unpaired) electrons. The number of hydrogen-bond acceptors (Lipinski definition) is 3. The minimum atomic E-state index is -0.0872. The molecule has 1 aliphatic rings. The molecule has 1 aromatic rings. The van der Waals surface area contributed by atoms with Gasteiger partial charge in [-0.2, -0.15) is 0 Å². The number of allylic oxidation sites excluding steroid dienone is 2. The summed E-state index contributed by atoms with van der Waals surface area (Å²) in [6.45, 7) is 12.3. The van der Waals surface area contributed by atoms with Crippen molar-refractivity contribution in [3.63, 3.8) is 0 Å². The first-order chi connectivity index (χ1) is 10.4. The molecule has 0 saturated heterocycles. The second-order valence-electron chi connectivity index (χ2n) is 6.15. The summed E-state index contributed by atoms with van der Waals surface area (Å²) in [7, 11) is 3.31. The molecular formula is C19H25NO2. The molecule has 0 saturated carbocycles. The van der Waals surface area contributed by atoms with Gasteiger partial charge >= 0.3 is 0 Å². The standard InChI is InChI=1S/C19H25NO2/c1-7-19(4,13(2)3)11-16-8-14-9-17(21-5)18(22-6)10-15(14)12-20-16/h7,9-10,12,16H,1-2,8,11H2,3-6H3. The Morgan fingerprint density at radius 2 is 2.00 bits per heavy atom. The summed E-state index contributed by atoms with van der Waals surface area (Å²) >= 11 is 0. The van der Waals surface area contributed by atoms with Crippen LogP contribution in [-0.2, 0) is 6.42 Å². The molecule has 0 aliphatic carbocycles. The fourth-order valence-corrected chi connectivity index (χ4v) is 2.77. The minimum Gasteiger partial charge on any atom is -0.493 e. The van der Waals surface area contributed by atoms with E-state index >= 15 is 0 Å². The van der Waals surface area contributed by atoms with Crippen molar-refractivity contribution in [3.05, 3.63) is 48.1 Å². The smallest absolute Gasteiger partial charge is 0.161 e. The van der Waals surface area contributed by atoms with Crippen LogP contribution in [0.4, 0.5) is 0 Å². The van der Waals surface area contributed by atoms with Gasteiger partial charge in [0.1, 0.15) is 0 Å². The Bertz CT molecular complexity index is 618. The number of aliphatic imine (C=N–C) groups is 1. The maximum absolute atomic E-state index is 5.40. The second kappa shape index (κ2) is 6.39. The number of nitrogens with zero attached hydrogens (tertiary/aromatic N) is 1. The molecule has 0 bridgehead atoms. The summed E-state index contributed by atoms with van der Waals surface area (Å²) in [4.78, 5) is 4.71. The van der Waals surface area contributed by atoms with Crippen LogP contribution in [0, 0.1) is 5.41 Å². The molecule has 2 atom stereocenters. The van der Waals surface area contributed by atoms with Gasteiger partial charge in [-0.15, -0.1) is 6.58 Å². The predicted molar refractivity (Wildman–Crippen MR) is 92.4 cm³/mol. The molecule has 0 fully saturated rings. The number of ether oxygens (including phenoxy) is 2. The zero-order valence-corrected chi connectivity index (χ0v) is 14.0. The van der Waals surface area contributed by atoms with Crippen molar-refractivity contribution in [2.24, 2.45) is 10.4 Å². The van der Waals surface area contributed by atoms with Gasteiger partial charge in [-0.25, -0.2) is 0 Å². The summed E-state index contributed by atoms with van der Waals surface area (Å²) < 4.78 is 10.7. The van der Waals surface area contributed by atoms with Crippen LogP contribution in [0.25, 0.3) is 0 Å². The summed E-state index contributed by atoms with van der Waals surface area (Å²) in [5, 5.41) is 0. The van der Waals surface area contributed by atoms with Gasteiger partial charge in [0.15, 0.2) is 11.5 Å². The normalized spacial score (nSPS) is 19.0. The van der Waals surface area contributed by atoms with Crippen LogP contribution in [0.15, 0.2) is 41.9 Å². The van der Waals surface area contributed by atoms with E-state index in [1.165, 1.54) is 5.56 Å². The number of benzene rings is 1. The highest BCUT2D eigenvalue weighted by Crippen LogP contribution is 2.37. The molecule has 0 spiro atoms. The van der Waals surface area contributed by atoms with Gasteiger partial charge in [-0.1, -0.05) is 25.2 Å². The lowest BCUT2D eigenvalue weighted by Crippen LogP contribution is -2.25. The lowest BCUT2D eigenvalue weighted by molar-refractivity contribution is 0.353. The molecule has 0 N–H and O–H groups in total. The number of methoxy groups -OCH3 is 2. The van der Waals surface area contributed by atoms with Gasteiger partial charge in [-0.3, -0.25) is 4.99 Å². The van der Waals surface area contributed by atoms with Gasteiger partial charge < -0.3 is 9.47 Å². The Balaban J connectivity index is 2.26. The average Bonchev–Trinajstić information content (AvgIpc) is 2.53. The quantitative estimate of drug-likeness (QED) is 0.737. The predicted octanol–water partition coefficient (Wildman–Crippen LogP) is 4.21. The first kappa shape index (κ1) is 16.3. The van der Waals surface area contributed by atoms with Gasteiger partial charge in [0, 0.05) is 11.6 Å². The molecule has 22 heavy (non-hydrogen) atoms. The van der Waals surface area contributed by atoms with Crippen molar-refractivity contribution in [2.75, 3.05) is 14.2 Å². The molecule has 3 heteroatoms. The van der Waals surface area contributed by atoms with Crippen LogP contribution in [-0.4, -0.2) is 26.5 Å². The van der Waals surface area contributed by atoms with E-state index in [0.29, 0.717) is 0 Å². The molecule has 1 heterocycles. The molecule has 3 nitrogen and oxygen atoms in total. The number of fused-ring (bicyclic) bond motifs is 1. The maximum atomic E-state index is 5.40. The van der Waals surface area contributed by atoms with Crippen LogP contribution >= 0.6 is 0 Å². The van der Waals surface area contributed by atoms with Crippen molar-refractivity contribution in [1.82, 2.24) is 0 Å². The first-order valence-electron chi connectivity index (χ1n) is 7.51. The Morgan fingerprint density at radius 3 is 2.55 bits per heavy atom. The Hall–Kier alpha value is -2.03. The van der Waals surface area contributed by atoms with Crippen molar-refractivity contribution < 1.29 is 9.47 Å². The minimum absolute atomic E-state index is 0.0872. The van der Waals surface area contributed by atoms with E-state index in [2.05, 4.69) is 33.1 Å². The fourth-order valence-electron chi connectivity index (χ4n) is 2.77. The summed E-state index contributed by atoms with van der Waals surface area (Å²) in [5.74, 6) is 1.51. The van der Waals surface area contributed by atoms with Crippen LogP contribution < -0.4 is 9.47 Å². The van der Waals surface area contributed by atoms with E-state index in [1.54, 1.807) is 14.2 Å². The highest BCUT2D eigenvalue weighted by Gasteiger charge is 2.28. The van der Waals surface area contributed by atoms with Crippen molar-refractivity contribution in [2.45, 2.75) is 32.7 Å². The third-order valence-electron chi connectivity index (χ3n) is 4.61. The van der Waals surface area contributed by atoms with E-state index in [-0.39, 0.29) is 11.5 Å². The topological polar surface area (TPSA) is 30.8 Å². The molecule has 2 unspecified atom stereocenters. The SMILES string of the molecule is C=CC(C)(CC1Cc2cc(OC)c(OC)cc2C=N1)C(=C)C. The Kier molecular flexibility index (Phi) is 4.74. The van der Waals surface area contributed by atoms with Gasteiger partial charge in [-0.05, 0) is 43.0 Å². The van der Waals surface area contributed by atoms with Crippen molar-refractivity contribution in [3.8, 4) is 11.5 Å². The van der Waals surface area contributed by atoms with E-state index in [9.17, 15) is 0 Å². The first-order valence-corrected chi connectivity index (χ1v) is 7.51. The van der Waals surface area contributed by atoms with Gasteiger partial charge in [0.2, 0.25) is 0 Å². The zero-order valence-electron chi connectivity index (χ0n) is 14.0. The number of rotatable bonds is 6. The largest absolute Gasteiger partial charge is 0.493 e. The molecule has 2 rings (SSSR count). The van der Waals surface area contributed by atoms with E-state index < -0.39 is 0 Å². The van der Waals surface area contributed by atoms with Gasteiger partial charge in [0.05, 0.1) is 20.3 Å². The molecule has 1 aliphatic heterocycles. The van der Waals surface area contributed by atoms with Crippen molar-refractivity contribution in [1.29, 1.82) is 0 Å². The molecular weight excluding hydrogens is 274 g/mol. The lowest BCUT2D eigenvalue weighted by Gasteiger charge is -2.31. The maximum Gasteiger partial charge on any atom is 0.161 e. The third kappa shape index (κ3) is 3.08. The molecule has 0 amide bonds. The highest BCUT2D eigenvalue weighted by atomic mass is 16.5. The van der Waals surface area contributed by atoms with E-state index in [1.807, 2.05) is 18.4 Å². The summed E-state index contributed by atoms with van der Waals surface area (Å²) in [6.07, 6.45) is 5.72. The Morgan fingerprint density at radius 1 is 1.36 bits per heavy atom. The monoisotopic (exact) mass is 299 g/mol. The Labute approximate surface area is 133 Å². The zero-order chi connectivity index (χ0) is 16.3. The average molecular weight is 299 g/mol. The molecule has 1 aromatic carbocycles. The lowest BCUT2D eigenvalue weighted by atomic mass is 9.76. The van der Waals surface area contributed by atoms with Gasteiger partial charge in [0.25, 0.3) is 0 Å². The van der Waals surface area contributed by atoms with E-state index in [0.717, 1.165) is 35.5 Å². The van der Waals surface area contributed by atoms with Crippen molar-refractivity contribution >= 4 is 6.21 Å². The van der Waals surface area contributed by atoms with Crippen LogP contribution in [0.1, 0.15) is 31.4 Å². The van der Waals surface area contributed by atoms with E-state index in [4.69, 9.17) is 14.5 Å². The van der Waals surface area contributed by atoms with Crippen LogP contribution in [0.2, 0.25) is 0 Å². The molecule has 0 aromatic heterocycles. The second-order valence-corrected chi connectivity index (χ2v) is 6.15. The molecule has 118 valence electrons. The third-order valence-corrected chi connectivity index (χ3v) is 4.61. The summed E-state index contributed by atoms with van der Waals surface area (Å²) in [5.41, 5.74) is 3.38. The number of hydrogen-bond donors (Lipinski definition) is 0. The fraction of sp³-hybridized carbons (Fsp3) is 0.421. The van der Waals surface area contributed by atoms with Crippen LogP contribution in [0.3, 0.4) is 0 Å².